The summed E-state index contributed by atoms with van der Waals surface area (Å²) < 4.78 is 24.5. The zero-order chi connectivity index (χ0) is 18.6. The Balaban J connectivity index is 2.45. The van der Waals surface area contributed by atoms with Crippen molar-refractivity contribution in [3.05, 3.63) is 53.4 Å². The molecule has 134 valence electrons. The van der Waals surface area contributed by atoms with E-state index >= 15 is 0 Å². The lowest BCUT2D eigenvalue weighted by molar-refractivity contribution is 0.0962. The highest BCUT2D eigenvalue weighted by atomic mass is 32.2. The van der Waals surface area contributed by atoms with E-state index in [1.807, 2.05) is 30.3 Å². The highest BCUT2D eigenvalue weighted by molar-refractivity contribution is 7.91. The molecule has 0 spiro atoms. The standard InChI is InChI=1S/C17H21N3O3S2/c1-4-10-19-16(21)14-13(18)15(25(3,22)23)17(24-14)20(2)11-12-8-6-5-7-9-12/h4-9H,1,10-11,18H2,2-3H3,(H,19,21). The number of rotatable bonds is 7. The van der Waals surface area contributed by atoms with Crippen molar-refractivity contribution in [2.75, 3.05) is 30.5 Å². The van der Waals surface area contributed by atoms with Crippen LogP contribution in [0.3, 0.4) is 0 Å². The molecule has 2 rings (SSSR count). The highest BCUT2D eigenvalue weighted by Gasteiger charge is 2.28. The number of nitrogens with zero attached hydrogens (tertiary/aromatic N) is 1. The molecule has 0 saturated heterocycles. The van der Waals surface area contributed by atoms with Crippen LogP contribution in [-0.4, -0.2) is 34.2 Å². The maximum absolute atomic E-state index is 12.3. The smallest absolute Gasteiger partial charge is 0.263 e. The summed E-state index contributed by atoms with van der Waals surface area (Å²) in [5.41, 5.74) is 7.02. The fourth-order valence-corrected chi connectivity index (χ4v) is 4.98. The van der Waals surface area contributed by atoms with E-state index in [1.54, 1.807) is 18.0 Å². The van der Waals surface area contributed by atoms with Gasteiger partial charge in [0.05, 0.1) is 5.69 Å². The van der Waals surface area contributed by atoms with Gasteiger partial charge in [-0.25, -0.2) is 8.42 Å². The van der Waals surface area contributed by atoms with Crippen molar-refractivity contribution >= 4 is 37.8 Å². The van der Waals surface area contributed by atoms with Gasteiger partial charge in [-0.3, -0.25) is 4.79 Å². The van der Waals surface area contributed by atoms with Gasteiger partial charge in [0, 0.05) is 26.4 Å². The van der Waals surface area contributed by atoms with Gasteiger partial charge in [-0.05, 0) is 5.56 Å². The molecular formula is C17H21N3O3S2. The van der Waals surface area contributed by atoms with Crippen molar-refractivity contribution in [1.82, 2.24) is 5.32 Å². The summed E-state index contributed by atoms with van der Waals surface area (Å²) in [6.45, 7) is 4.31. The molecule has 0 aliphatic rings. The van der Waals surface area contributed by atoms with E-state index in [0.29, 0.717) is 11.5 Å². The Hall–Kier alpha value is -2.32. The van der Waals surface area contributed by atoms with Crippen molar-refractivity contribution in [2.45, 2.75) is 11.4 Å². The third kappa shape index (κ3) is 4.40. The first-order valence-corrected chi connectivity index (χ1v) is 10.2. The number of nitrogen functional groups attached to an aromatic ring is 1. The fraction of sp³-hybridized carbons (Fsp3) is 0.235. The Morgan fingerprint density at radius 2 is 2.00 bits per heavy atom. The number of benzene rings is 1. The van der Waals surface area contributed by atoms with Crippen LogP contribution in [0.25, 0.3) is 0 Å². The zero-order valence-corrected chi connectivity index (χ0v) is 15.8. The second-order valence-corrected chi connectivity index (χ2v) is 8.54. The van der Waals surface area contributed by atoms with Crippen LogP contribution in [0.2, 0.25) is 0 Å². The van der Waals surface area contributed by atoms with Gasteiger partial charge >= 0.3 is 0 Å². The molecule has 3 N–H and O–H groups in total. The number of hydrogen-bond donors (Lipinski definition) is 2. The Morgan fingerprint density at radius 1 is 1.36 bits per heavy atom. The Kier molecular flexibility index (Phi) is 5.86. The maximum Gasteiger partial charge on any atom is 0.263 e. The second kappa shape index (κ2) is 7.71. The lowest BCUT2D eigenvalue weighted by Gasteiger charge is -2.19. The van der Waals surface area contributed by atoms with Gasteiger partial charge in [0.25, 0.3) is 5.91 Å². The Bertz CT molecular complexity index is 874. The summed E-state index contributed by atoms with van der Waals surface area (Å²) in [5, 5.41) is 3.08. The molecule has 2 aromatic rings. The Labute approximate surface area is 151 Å². The van der Waals surface area contributed by atoms with Crippen molar-refractivity contribution in [1.29, 1.82) is 0 Å². The topological polar surface area (TPSA) is 92.5 Å². The molecule has 1 aromatic heterocycles. The number of nitrogens with two attached hydrogens (primary N) is 1. The van der Waals surface area contributed by atoms with E-state index in [2.05, 4.69) is 11.9 Å². The first-order chi connectivity index (χ1) is 11.8. The molecule has 0 saturated carbocycles. The zero-order valence-electron chi connectivity index (χ0n) is 14.2. The predicted molar refractivity (Wildman–Crippen MR) is 103 cm³/mol. The van der Waals surface area contributed by atoms with Gasteiger partial charge < -0.3 is 16.0 Å². The predicted octanol–water partition coefficient (Wildman–Crippen LogP) is 2.29. The van der Waals surface area contributed by atoms with Crippen LogP contribution in [0.4, 0.5) is 10.7 Å². The molecule has 0 radical (unpaired) electrons. The minimum Gasteiger partial charge on any atom is -0.396 e. The van der Waals surface area contributed by atoms with Crippen molar-refractivity contribution < 1.29 is 13.2 Å². The molecule has 6 nitrogen and oxygen atoms in total. The summed E-state index contributed by atoms with van der Waals surface area (Å²) in [5.74, 6) is -0.410. The van der Waals surface area contributed by atoms with Crippen molar-refractivity contribution in [3.63, 3.8) is 0 Å². The minimum atomic E-state index is -3.59. The summed E-state index contributed by atoms with van der Waals surface area (Å²) in [4.78, 5) is 14.2. The minimum absolute atomic E-state index is 0.000292. The quantitative estimate of drug-likeness (QED) is 0.720. The van der Waals surface area contributed by atoms with Crippen LogP contribution in [0, 0.1) is 0 Å². The number of thiophene rings is 1. The third-order valence-electron chi connectivity index (χ3n) is 3.48. The van der Waals surface area contributed by atoms with Crippen LogP contribution in [0.15, 0.2) is 47.9 Å². The van der Waals surface area contributed by atoms with Crippen LogP contribution in [0.1, 0.15) is 15.2 Å². The highest BCUT2D eigenvalue weighted by Crippen LogP contribution is 2.41. The molecule has 1 aromatic carbocycles. The van der Waals surface area contributed by atoms with Crippen molar-refractivity contribution in [3.8, 4) is 0 Å². The third-order valence-corrected chi connectivity index (χ3v) is 6.08. The molecule has 1 amide bonds. The molecular weight excluding hydrogens is 358 g/mol. The number of sulfone groups is 1. The average molecular weight is 380 g/mol. The normalized spacial score (nSPS) is 11.1. The summed E-state index contributed by atoms with van der Waals surface area (Å²) >= 11 is 1.07. The van der Waals surface area contributed by atoms with E-state index in [1.165, 1.54) is 0 Å². The van der Waals surface area contributed by atoms with E-state index in [4.69, 9.17) is 5.73 Å². The van der Waals surface area contributed by atoms with E-state index in [0.717, 1.165) is 23.2 Å². The monoisotopic (exact) mass is 379 g/mol. The van der Waals surface area contributed by atoms with Crippen molar-refractivity contribution in [2.24, 2.45) is 0 Å². The fourth-order valence-electron chi connectivity index (χ4n) is 2.37. The molecule has 8 heteroatoms. The number of anilines is 2. The van der Waals surface area contributed by atoms with Crippen LogP contribution in [0.5, 0.6) is 0 Å². The van der Waals surface area contributed by atoms with Gasteiger partial charge in [0.2, 0.25) is 0 Å². The average Bonchev–Trinajstić information content (AvgIpc) is 2.91. The lowest BCUT2D eigenvalue weighted by atomic mass is 10.2. The number of carbonyl (C=O) groups excluding carboxylic acids is 1. The maximum atomic E-state index is 12.3. The second-order valence-electron chi connectivity index (χ2n) is 5.59. The molecule has 1 heterocycles. The van der Waals surface area contributed by atoms with E-state index < -0.39 is 15.7 Å². The molecule has 0 fully saturated rings. The van der Waals surface area contributed by atoms with Gasteiger partial charge in [-0.15, -0.1) is 17.9 Å². The molecule has 0 aliphatic carbocycles. The van der Waals surface area contributed by atoms with E-state index in [-0.39, 0.29) is 22.0 Å². The lowest BCUT2D eigenvalue weighted by Crippen LogP contribution is -2.23. The molecule has 0 atom stereocenters. The first kappa shape index (κ1) is 19.0. The Morgan fingerprint density at radius 3 is 2.56 bits per heavy atom. The van der Waals surface area contributed by atoms with E-state index in [9.17, 15) is 13.2 Å². The van der Waals surface area contributed by atoms with Gasteiger partial charge in [-0.1, -0.05) is 36.4 Å². The van der Waals surface area contributed by atoms with Gasteiger partial charge in [0.15, 0.2) is 9.84 Å². The number of nitrogens with one attached hydrogen (secondary N) is 1. The van der Waals surface area contributed by atoms with Crippen LogP contribution >= 0.6 is 11.3 Å². The number of carbonyl (C=O) groups is 1. The number of hydrogen-bond acceptors (Lipinski definition) is 6. The SMILES string of the molecule is C=CCNC(=O)c1sc(N(C)Cc2ccccc2)c(S(C)(=O)=O)c1N. The summed E-state index contributed by atoms with van der Waals surface area (Å²) in [6.07, 6.45) is 2.64. The summed E-state index contributed by atoms with van der Waals surface area (Å²) in [7, 11) is -1.81. The van der Waals surface area contributed by atoms with Gasteiger partial charge in [-0.2, -0.15) is 0 Å². The van der Waals surface area contributed by atoms with Gasteiger partial charge in [0.1, 0.15) is 14.8 Å². The van der Waals surface area contributed by atoms with Crippen LogP contribution < -0.4 is 16.0 Å². The molecule has 0 unspecified atom stereocenters. The molecule has 0 bridgehead atoms. The number of amides is 1. The first-order valence-electron chi connectivity index (χ1n) is 7.52. The summed E-state index contributed by atoms with van der Waals surface area (Å²) in [6, 6.07) is 9.64. The molecule has 25 heavy (non-hydrogen) atoms. The molecule has 0 aliphatic heterocycles. The van der Waals surface area contributed by atoms with Crippen LogP contribution in [-0.2, 0) is 16.4 Å². The largest absolute Gasteiger partial charge is 0.396 e.